The first-order valence-electron chi connectivity index (χ1n) is 4.05. The minimum absolute atomic E-state index is 0.0597. The van der Waals surface area contributed by atoms with Crippen LogP contribution in [0, 0.1) is 5.41 Å². The van der Waals surface area contributed by atoms with E-state index in [1.165, 1.54) is 12.2 Å². The summed E-state index contributed by atoms with van der Waals surface area (Å²) in [5, 5.41) is 7.11. The number of nitrogens with two attached hydrogens (primary N) is 1. The molecule has 1 aromatic rings. The predicted octanol–water partition coefficient (Wildman–Crippen LogP) is -0.136. The van der Waals surface area contributed by atoms with Crippen molar-refractivity contribution >= 4 is 17.6 Å². The molecule has 6 nitrogen and oxygen atoms in total. The van der Waals surface area contributed by atoms with E-state index in [-0.39, 0.29) is 17.0 Å². The number of hydrogen-bond donors (Lipinski definition) is 4. The average molecular weight is 206 g/mol. The topological polar surface area (TPSA) is 116 Å². The molecule has 0 amide bonds. The Labute approximate surface area is 84.7 Å². The number of anilines is 1. The maximum absolute atomic E-state index is 11.4. The summed E-state index contributed by atoms with van der Waals surface area (Å²) in [5.74, 6) is -0.0691. The summed E-state index contributed by atoms with van der Waals surface area (Å²) < 4.78 is 0. The second-order valence-corrected chi connectivity index (χ2v) is 2.70. The Bertz CT molecular complexity index is 536. The van der Waals surface area contributed by atoms with E-state index in [9.17, 15) is 9.59 Å². The Kier molecular flexibility index (Phi) is 3.02. The van der Waals surface area contributed by atoms with E-state index in [0.29, 0.717) is 0 Å². The molecule has 0 aliphatic carbocycles. The van der Waals surface area contributed by atoms with Crippen molar-refractivity contribution in [2.24, 2.45) is 0 Å². The molecular formula is C9H10N4O2. The van der Waals surface area contributed by atoms with Gasteiger partial charge in [0.1, 0.15) is 5.82 Å². The smallest absolute Gasteiger partial charge is 0.327 e. The fourth-order valence-electron chi connectivity index (χ4n) is 1.12. The van der Waals surface area contributed by atoms with Crippen LogP contribution in [0.4, 0.5) is 5.82 Å². The number of nitrogen functional groups attached to an aromatic ring is 1. The molecule has 0 saturated carbocycles. The number of hydrogen-bond acceptors (Lipinski definition) is 4. The molecule has 0 atom stereocenters. The number of nitrogens with one attached hydrogen (secondary N) is 3. The van der Waals surface area contributed by atoms with Crippen molar-refractivity contribution in [1.29, 1.82) is 5.41 Å². The Balaban J connectivity index is 3.56. The van der Waals surface area contributed by atoms with E-state index in [1.807, 2.05) is 4.98 Å². The van der Waals surface area contributed by atoms with Crippen molar-refractivity contribution < 1.29 is 0 Å². The van der Waals surface area contributed by atoms with Crippen molar-refractivity contribution in [3.63, 3.8) is 0 Å². The molecule has 0 radical (unpaired) electrons. The summed E-state index contributed by atoms with van der Waals surface area (Å²) in [6.07, 6.45) is 3.83. The van der Waals surface area contributed by atoms with E-state index < -0.39 is 11.2 Å². The van der Waals surface area contributed by atoms with Gasteiger partial charge in [0.05, 0.1) is 5.56 Å². The number of aromatic amines is 2. The molecule has 0 fully saturated rings. The fraction of sp³-hybridized carbons (Fsp3) is 0. The number of rotatable bonds is 3. The van der Waals surface area contributed by atoms with Gasteiger partial charge in [-0.25, -0.2) is 4.79 Å². The zero-order valence-electron chi connectivity index (χ0n) is 7.83. The molecule has 1 heterocycles. The van der Waals surface area contributed by atoms with E-state index in [4.69, 9.17) is 11.1 Å². The largest absolute Gasteiger partial charge is 0.384 e. The first-order chi connectivity index (χ1) is 7.10. The molecule has 0 unspecified atom stereocenters. The molecule has 0 aliphatic rings. The molecule has 1 aromatic heterocycles. The van der Waals surface area contributed by atoms with Crippen LogP contribution in [0.3, 0.4) is 0 Å². The van der Waals surface area contributed by atoms with E-state index in [0.717, 1.165) is 6.21 Å². The van der Waals surface area contributed by atoms with Crippen molar-refractivity contribution in [2.45, 2.75) is 0 Å². The molecule has 15 heavy (non-hydrogen) atoms. The zero-order chi connectivity index (χ0) is 11.4. The third-order valence-electron chi connectivity index (χ3n) is 1.71. The summed E-state index contributed by atoms with van der Waals surface area (Å²) in [6.45, 7) is 3.45. The number of aromatic nitrogens is 2. The Morgan fingerprint density at radius 2 is 2.07 bits per heavy atom. The van der Waals surface area contributed by atoms with Gasteiger partial charge in [0.2, 0.25) is 0 Å². The van der Waals surface area contributed by atoms with Gasteiger partial charge in [-0.1, -0.05) is 18.7 Å². The lowest BCUT2D eigenvalue weighted by molar-refractivity contribution is 1.04. The van der Waals surface area contributed by atoms with Crippen molar-refractivity contribution in [2.75, 3.05) is 5.73 Å². The van der Waals surface area contributed by atoms with Gasteiger partial charge in [-0.3, -0.25) is 14.8 Å². The van der Waals surface area contributed by atoms with Gasteiger partial charge in [0, 0.05) is 11.8 Å². The van der Waals surface area contributed by atoms with Crippen molar-refractivity contribution in [3.8, 4) is 0 Å². The highest BCUT2D eigenvalue weighted by molar-refractivity contribution is 6.10. The second-order valence-electron chi connectivity index (χ2n) is 2.70. The standard InChI is InChI=1S/C9H10N4O2/c1-2-3-5(4-10)6-7(11)12-9(15)13-8(6)14/h2-4,10H,1H2,(H4,11,12,13,14,15)/b5-3+,10-4?. The van der Waals surface area contributed by atoms with Crippen LogP contribution in [0.25, 0.3) is 5.57 Å². The zero-order valence-corrected chi connectivity index (χ0v) is 7.83. The summed E-state index contributed by atoms with van der Waals surface area (Å²) in [7, 11) is 0. The van der Waals surface area contributed by atoms with Crippen LogP contribution in [-0.4, -0.2) is 16.2 Å². The third-order valence-corrected chi connectivity index (χ3v) is 1.71. The molecule has 0 aromatic carbocycles. The van der Waals surface area contributed by atoms with Gasteiger partial charge in [-0.2, -0.15) is 0 Å². The molecule has 78 valence electrons. The summed E-state index contributed by atoms with van der Waals surface area (Å²) >= 11 is 0. The van der Waals surface area contributed by atoms with Crippen LogP contribution in [0.1, 0.15) is 5.56 Å². The highest BCUT2D eigenvalue weighted by Gasteiger charge is 2.09. The van der Waals surface area contributed by atoms with Crippen molar-refractivity contribution in [3.05, 3.63) is 45.1 Å². The lowest BCUT2D eigenvalue weighted by Gasteiger charge is -2.02. The normalized spacial score (nSPS) is 11.1. The SMILES string of the molecule is C=C/C=C(\C=N)c1c(N)[nH]c(=O)[nH]c1=O. The minimum Gasteiger partial charge on any atom is -0.384 e. The quantitative estimate of drug-likeness (QED) is 0.407. The highest BCUT2D eigenvalue weighted by atomic mass is 16.2. The summed E-state index contributed by atoms with van der Waals surface area (Å²) in [6, 6.07) is 0. The first kappa shape index (κ1) is 10.7. The van der Waals surface area contributed by atoms with Gasteiger partial charge < -0.3 is 11.1 Å². The molecule has 0 bridgehead atoms. The Hall–Kier alpha value is -2.37. The summed E-state index contributed by atoms with van der Waals surface area (Å²) in [4.78, 5) is 26.5. The van der Waals surface area contributed by atoms with Gasteiger partial charge >= 0.3 is 5.69 Å². The molecule has 6 heteroatoms. The maximum atomic E-state index is 11.4. The first-order valence-corrected chi connectivity index (χ1v) is 4.05. The number of H-pyrrole nitrogens is 2. The Morgan fingerprint density at radius 1 is 1.40 bits per heavy atom. The lowest BCUT2D eigenvalue weighted by atomic mass is 10.1. The molecule has 1 rings (SSSR count). The van der Waals surface area contributed by atoms with Crippen molar-refractivity contribution in [1.82, 2.24) is 9.97 Å². The maximum Gasteiger partial charge on any atom is 0.327 e. The van der Waals surface area contributed by atoms with Crippen LogP contribution >= 0.6 is 0 Å². The van der Waals surface area contributed by atoms with Gasteiger partial charge in [0.25, 0.3) is 5.56 Å². The molecule has 0 spiro atoms. The number of allylic oxidation sites excluding steroid dienone is 3. The van der Waals surface area contributed by atoms with Crippen LogP contribution in [-0.2, 0) is 0 Å². The van der Waals surface area contributed by atoms with Crippen LogP contribution in [0.5, 0.6) is 0 Å². The predicted molar refractivity (Wildman–Crippen MR) is 59.1 cm³/mol. The second kappa shape index (κ2) is 4.23. The monoisotopic (exact) mass is 206 g/mol. The third kappa shape index (κ3) is 2.11. The average Bonchev–Trinajstić information content (AvgIpc) is 2.14. The molecule has 0 aliphatic heterocycles. The lowest BCUT2D eigenvalue weighted by Crippen LogP contribution is -2.27. The van der Waals surface area contributed by atoms with Crippen LogP contribution in [0.15, 0.2) is 28.3 Å². The van der Waals surface area contributed by atoms with Gasteiger partial charge in [-0.15, -0.1) is 0 Å². The highest BCUT2D eigenvalue weighted by Crippen LogP contribution is 2.11. The fourth-order valence-corrected chi connectivity index (χ4v) is 1.12. The minimum atomic E-state index is -0.677. The van der Waals surface area contributed by atoms with Crippen LogP contribution in [0.2, 0.25) is 0 Å². The van der Waals surface area contributed by atoms with Gasteiger partial charge in [0.15, 0.2) is 0 Å². The van der Waals surface area contributed by atoms with E-state index >= 15 is 0 Å². The molecular weight excluding hydrogens is 196 g/mol. The van der Waals surface area contributed by atoms with E-state index in [1.54, 1.807) is 0 Å². The van der Waals surface area contributed by atoms with Gasteiger partial charge in [-0.05, 0) is 0 Å². The molecule has 0 saturated heterocycles. The Morgan fingerprint density at radius 3 is 2.53 bits per heavy atom. The molecule has 5 N–H and O–H groups in total. The van der Waals surface area contributed by atoms with E-state index in [2.05, 4.69) is 11.6 Å². The summed E-state index contributed by atoms with van der Waals surface area (Å²) in [5.41, 5.74) is 4.50. The van der Waals surface area contributed by atoms with Crippen LogP contribution < -0.4 is 17.0 Å².